The summed E-state index contributed by atoms with van der Waals surface area (Å²) in [4.78, 5) is 20.7. The Balaban J connectivity index is 1.45. The molecule has 1 aromatic heterocycles. The summed E-state index contributed by atoms with van der Waals surface area (Å²) in [5.41, 5.74) is 5.48. The van der Waals surface area contributed by atoms with Crippen LogP contribution in [0.1, 0.15) is 35.4 Å². The van der Waals surface area contributed by atoms with Crippen molar-refractivity contribution in [3.8, 4) is 0 Å². The van der Waals surface area contributed by atoms with Crippen LogP contribution in [-0.2, 0) is 14.8 Å². The maximum absolute atomic E-state index is 11.8. The van der Waals surface area contributed by atoms with Crippen LogP contribution in [0.15, 0.2) is 61.3 Å². The van der Waals surface area contributed by atoms with Gasteiger partial charge >= 0.3 is 0 Å². The molecule has 1 aliphatic heterocycles. The number of carbonyl (C=O) groups excluding carboxylic acids is 1. The quantitative estimate of drug-likeness (QED) is 0.364. The zero-order chi connectivity index (χ0) is 26.6. The minimum Gasteiger partial charge on any atom is -0.340 e. The Kier molecular flexibility index (Phi) is 7.89. The van der Waals surface area contributed by atoms with Gasteiger partial charge in [0.25, 0.3) is 0 Å². The zero-order valence-corrected chi connectivity index (χ0v) is 22.1. The zero-order valence-electron chi connectivity index (χ0n) is 21.3. The lowest BCUT2D eigenvalue weighted by molar-refractivity contribution is -0.111. The lowest BCUT2D eigenvalue weighted by atomic mass is 9.89. The highest BCUT2D eigenvalue weighted by Gasteiger charge is 2.26. The number of sulfonamides is 1. The molecule has 1 aliphatic rings. The lowest BCUT2D eigenvalue weighted by Gasteiger charge is -2.30. The van der Waals surface area contributed by atoms with Gasteiger partial charge in [0.1, 0.15) is 5.82 Å². The first-order valence-electron chi connectivity index (χ1n) is 12.1. The Bertz CT molecular complexity index is 1420. The van der Waals surface area contributed by atoms with E-state index in [1.165, 1.54) is 17.9 Å². The van der Waals surface area contributed by atoms with E-state index in [2.05, 4.69) is 44.6 Å². The molecule has 3 N–H and O–H groups in total. The van der Waals surface area contributed by atoms with Crippen LogP contribution in [-0.4, -0.2) is 47.9 Å². The molecule has 0 aliphatic carbocycles. The van der Waals surface area contributed by atoms with Crippen molar-refractivity contribution in [1.29, 1.82) is 0 Å². The highest BCUT2D eigenvalue weighted by atomic mass is 32.2. The monoisotopic (exact) mass is 520 g/mol. The molecular formula is C27H32N6O3S. The van der Waals surface area contributed by atoms with Crippen LogP contribution >= 0.6 is 0 Å². The molecule has 1 fully saturated rings. The van der Waals surface area contributed by atoms with Gasteiger partial charge in [-0.25, -0.2) is 17.7 Å². The number of anilines is 5. The number of amides is 1. The molecule has 0 atom stereocenters. The fraction of sp³-hybridized carbons (Fsp3) is 0.296. The number of aromatic nitrogens is 2. The SMILES string of the molecule is C=CC(=O)Nc1cccc(Nc2nc(Nc3ccc(C4CCN(S(C)(=O)=O)CC4)cc3C)ncc2C)c1. The molecule has 0 bridgehead atoms. The molecule has 0 radical (unpaired) electrons. The third-order valence-electron chi connectivity index (χ3n) is 6.44. The van der Waals surface area contributed by atoms with Crippen molar-refractivity contribution in [2.45, 2.75) is 32.6 Å². The molecule has 0 saturated carbocycles. The topological polar surface area (TPSA) is 116 Å². The van der Waals surface area contributed by atoms with E-state index in [0.29, 0.717) is 36.5 Å². The molecule has 10 heteroatoms. The van der Waals surface area contributed by atoms with Crippen molar-refractivity contribution in [3.05, 3.63) is 78.0 Å². The molecule has 1 saturated heterocycles. The Labute approximate surface area is 218 Å². The number of rotatable bonds is 8. The van der Waals surface area contributed by atoms with E-state index in [0.717, 1.165) is 35.3 Å². The number of piperidine rings is 1. The van der Waals surface area contributed by atoms with E-state index in [-0.39, 0.29) is 5.91 Å². The number of aryl methyl sites for hydroxylation is 2. The number of benzene rings is 2. The Hall–Kier alpha value is -3.76. The second-order valence-corrected chi connectivity index (χ2v) is 11.2. The van der Waals surface area contributed by atoms with Gasteiger partial charge < -0.3 is 16.0 Å². The summed E-state index contributed by atoms with van der Waals surface area (Å²) in [6.07, 6.45) is 5.87. The van der Waals surface area contributed by atoms with Crippen LogP contribution in [0, 0.1) is 13.8 Å². The van der Waals surface area contributed by atoms with Crippen LogP contribution < -0.4 is 16.0 Å². The molecule has 3 aromatic rings. The normalized spacial score (nSPS) is 14.7. The molecule has 2 heterocycles. The Morgan fingerprint density at radius 1 is 1.05 bits per heavy atom. The lowest BCUT2D eigenvalue weighted by Crippen LogP contribution is -2.37. The van der Waals surface area contributed by atoms with Crippen LogP contribution in [0.4, 0.5) is 28.8 Å². The number of hydrogen-bond acceptors (Lipinski definition) is 7. The maximum atomic E-state index is 11.8. The van der Waals surface area contributed by atoms with Crippen LogP contribution in [0.3, 0.4) is 0 Å². The Morgan fingerprint density at radius 3 is 2.46 bits per heavy atom. The summed E-state index contributed by atoms with van der Waals surface area (Å²) >= 11 is 0. The first-order chi connectivity index (χ1) is 17.6. The average molecular weight is 521 g/mol. The van der Waals surface area contributed by atoms with Gasteiger partial charge in [0.15, 0.2) is 0 Å². The summed E-state index contributed by atoms with van der Waals surface area (Å²) in [5.74, 6) is 1.17. The number of nitrogens with one attached hydrogen (secondary N) is 3. The molecule has 0 spiro atoms. The van der Waals surface area contributed by atoms with Gasteiger partial charge in [-0.05, 0) is 74.1 Å². The minimum absolute atomic E-state index is 0.275. The smallest absolute Gasteiger partial charge is 0.247 e. The minimum atomic E-state index is -3.13. The Morgan fingerprint density at radius 2 is 1.78 bits per heavy atom. The molecule has 0 unspecified atom stereocenters. The molecule has 194 valence electrons. The fourth-order valence-corrected chi connectivity index (χ4v) is 5.23. The molecule has 4 rings (SSSR count). The van der Waals surface area contributed by atoms with Crippen molar-refractivity contribution in [1.82, 2.24) is 14.3 Å². The van der Waals surface area contributed by atoms with E-state index < -0.39 is 10.0 Å². The van der Waals surface area contributed by atoms with Crippen molar-refractivity contribution >= 4 is 44.8 Å². The molecule has 37 heavy (non-hydrogen) atoms. The van der Waals surface area contributed by atoms with Gasteiger partial charge in [0.05, 0.1) is 6.26 Å². The molecular weight excluding hydrogens is 488 g/mol. The first-order valence-corrected chi connectivity index (χ1v) is 13.9. The van der Waals surface area contributed by atoms with E-state index in [1.54, 1.807) is 16.6 Å². The highest BCUT2D eigenvalue weighted by Crippen LogP contribution is 2.32. The van der Waals surface area contributed by atoms with Crippen LogP contribution in [0.25, 0.3) is 0 Å². The van der Waals surface area contributed by atoms with Gasteiger partial charge in [-0.15, -0.1) is 0 Å². The van der Waals surface area contributed by atoms with E-state index >= 15 is 0 Å². The predicted molar refractivity (Wildman–Crippen MR) is 148 cm³/mol. The van der Waals surface area contributed by atoms with Crippen LogP contribution in [0.5, 0.6) is 0 Å². The number of nitrogens with zero attached hydrogens (tertiary/aromatic N) is 3. The third-order valence-corrected chi connectivity index (χ3v) is 7.74. The molecule has 2 aromatic carbocycles. The second kappa shape index (κ2) is 11.1. The van der Waals surface area contributed by atoms with Gasteiger partial charge in [-0.3, -0.25) is 4.79 Å². The largest absolute Gasteiger partial charge is 0.340 e. The summed E-state index contributed by atoms with van der Waals surface area (Å²) in [7, 11) is -3.13. The summed E-state index contributed by atoms with van der Waals surface area (Å²) in [5, 5.41) is 9.35. The van der Waals surface area contributed by atoms with E-state index in [4.69, 9.17) is 0 Å². The summed E-state index contributed by atoms with van der Waals surface area (Å²) < 4.78 is 25.1. The maximum Gasteiger partial charge on any atom is 0.247 e. The predicted octanol–water partition coefficient (Wildman–Crippen LogP) is 4.84. The number of carbonyl (C=O) groups is 1. The number of hydrogen-bond donors (Lipinski definition) is 3. The van der Waals surface area contributed by atoms with Gasteiger partial charge in [0.2, 0.25) is 21.9 Å². The van der Waals surface area contributed by atoms with Crippen LogP contribution in [0.2, 0.25) is 0 Å². The molecule has 1 amide bonds. The third kappa shape index (κ3) is 6.72. The fourth-order valence-electron chi connectivity index (χ4n) is 4.36. The van der Waals surface area contributed by atoms with Crippen molar-refractivity contribution in [2.24, 2.45) is 0 Å². The highest BCUT2D eigenvalue weighted by molar-refractivity contribution is 7.88. The van der Waals surface area contributed by atoms with Crippen molar-refractivity contribution in [2.75, 3.05) is 35.3 Å². The summed E-state index contributed by atoms with van der Waals surface area (Å²) in [6, 6.07) is 13.6. The van der Waals surface area contributed by atoms with E-state index in [1.807, 2.05) is 38.1 Å². The van der Waals surface area contributed by atoms with Crippen molar-refractivity contribution in [3.63, 3.8) is 0 Å². The van der Waals surface area contributed by atoms with Crippen molar-refractivity contribution < 1.29 is 13.2 Å². The van der Waals surface area contributed by atoms with Gasteiger partial charge in [-0.2, -0.15) is 4.98 Å². The van der Waals surface area contributed by atoms with E-state index in [9.17, 15) is 13.2 Å². The standard InChI is InChI=1S/C27H32N6O3S/c1-5-25(34)29-22-7-6-8-23(16-22)30-26-19(3)17-28-27(32-26)31-24-10-9-21(15-18(24)2)20-11-13-33(14-12-20)37(4,35)36/h5-10,15-17,20H,1,11-14H2,2-4H3,(H,29,34)(H2,28,30,31,32). The van der Waals surface area contributed by atoms with Gasteiger partial charge in [-0.1, -0.05) is 24.8 Å². The molecule has 9 nitrogen and oxygen atoms in total. The first kappa shape index (κ1) is 26.3. The van der Waals surface area contributed by atoms with Gasteiger partial charge in [0, 0.05) is 41.9 Å². The second-order valence-electron chi connectivity index (χ2n) is 9.26. The average Bonchev–Trinajstić information content (AvgIpc) is 2.87. The summed E-state index contributed by atoms with van der Waals surface area (Å²) in [6.45, 7) is 8.54.